The van der Waals surface area contributed by atoms with Gasteiger partial charge in [0.1, 0.15) is 5.75 Å². The molecule has 8 nitrogen and oxygen atoms in total. The van der Waals surface area contributed by atoms with E-state index in [0.29, 0.717) is 11.6 Å². The van der Waals surface area contributed by atoms with Crippen molar-refractivity contribution >= 4 is 44.9 Å². The lowest BCUT2D eigenvalue weighted by Gasteiger charge is -2.21. The SMILES string of the molecule is COC(=O)c1ccc(NC(=O)c2cc(OC)c3c(c2)N(S(=O)(=O)c2cccc(C(F)(F)F)c2)CC3)cc1Cl. The van der Waals surface area contributed by atoms with Crippen molar-refractivity contribution in [1.82, 2.24) is 0 Å². The number of ether oxygens (including phenoxy) is 2. The summed E-state index contributed by atoms with van der Waals surface area (Å²) in [5.41, 5.74) is -0.112. The van der Waals surface area contributed by atoms with Crippen molar-refractivity contribution in [3.8, 4) is 5.75 Å². The molecule has 1 aliphatic heterocycles. The Morgan fingerprint density at radius 2 is 1.79 bits per heavy atom. The number of alkyl halides is 3. The second kappa shape index (κ2) is 10.2. The lowest BCUT2D eigenvalue weighted by Crippen LogP contribution is -2.29. The summed E-state index contributed by atoms with van der Waals surface area (Å²) in [6, 6.07) is 10.4. The van der Waals surface area contributed by atoms with Crippen LogP contribution in [0.25, 0.3) is 0 Å². The van der Waals surface area contributed by atoms with Gasteiger partial charge in [0.05, 0.1) is 41.0 Å². The zero-order valence-corrected chi connectivity index (χ0v) is 21.5. The molecule has 1 heterocycles. The van der Waals surface area contributed by atoms with E-state index in [1.165, 1.54) is 44.6 Å². The smallest absolute Gasteiger partial charge is 0.416 e. The number of esters is 1. The molecule has 0 spiro atoms. The van der Waals surface area contributed by atoms with Gasteiger partial charge in [0.15, 0.2) is 0 Å². The van der Waals surface area contributed by atoms with Crippen molar-refractivity contribution in [2.24, 2.45) is 0 Å². The van der Waals surface area contributed by atoms with E-state index in [1.54, 1.807) is 0 Å². The zero-order chi connectivity index (χ0) is 27.8. The fourth-order valence-corrected chi connectivity index (χ4v) is 5.82. The standard InChI is InChI=1S/C25H20ClF3N2O6S/c1-36-22-11-14(23(32)30-16-6-7-18(20(26)13-16)24(33)37-2)10-21-19(22)8-9-31(21)38(34,35)17-5-3-4-15(12-17)25(27,28)29/h3-7,10-13H,8-9H2,1-2H3,(H,30,32). The second-order valence-electron chi connectivity index (χ2n) is 8.17. The molecule has 1 amide bonds. The minimum absolute atomic E-state index is 0.0277. The van der Waals surface area contributed by atoms with Gasteiger partial charge in [0.2, 0.25) is 0 Å². The zero-order valence-electron chi connectivity index (χ0n) is 19.9. The van der Waals surface area contributed by atoms with Gasteiger partial charge in [-0.2, -0.15) is 13.2 Å². The number of nitrogens with zero attached hydrogens (tertiary/aromatic N) is 1. The predicted molar refractivity (Wildman–Crippen MR) is 133 cm³/mol. The molecule has 0 atom stereocenters. The molecule has 0 aliphatic carbocycles. The van der Waals surface area contributed by atoms with E-state index in [9.17, 15) is 31.2 Å². The fraction of sp³-hybridized carbons (Fsp3) is 0.200. The third-order valence-electron chi connectivity index (χ3n) is 5.88. The molecule has 0 bridgehead atoms. The molecule has 0 unspecified atom stereocenters. The van der Waals surface area contributed by atoms with Crippen LogP contribution in [0.2, 0.25) is 5.02 Å². The highest BCUT2D eigenvalue weighted by Gasteiger charge is 2.36. The lowest BCUT2D eigenvalue weighted by molar-refractivity contribution is -0.137. The molecule has 200 valence electrons. The van der Waals surface area contributed by atoms with E-state index in [1.807, 2.05) is 0 Å². The number of halogens is 4. The first-order chi connectivity index (χ1) is 17.9. The molecule has 0 saturated heterocycles. The Kier molecular flexibility index (Phi) is 7.31. The average molecular weight is 569 g/mol. The topological polar surface area (TPSA) is 102 Å². The molecule has 1 N–H and O–H groups in total. The molecule has 1 aliphatic rings. The van der Waals surface area contributed by atoms with Crippen molar-refractivity contribution in [2.45, 2.75) is 17.5 Å². The number of methoxy groups -OCH3 is 2. The van der Waals surface area contributed by atoms with E-state index in [2.05, 4.69) is 10.1 Å². The van der Waals surface area contributed by atoms with Crippen LogP contribution in [0.15, 0.2) is 59.5 Å². The van der Waals surface area contributed by atoms with Crippen LogP contribution in [0.3, 0.4) is 0 Å². The highest BCUT2D eigenvalue weighted by molar-refractivity contribution is 7.92. The average Bonchev–Trinajstić information content (AvgIpc) is 3.32. The first-order valence-electron chi connectivity index (χ1n) is 11.0. The van der Waals surface area contributed by atoms with Crippen LogP contribution in [0.1, 0.15) is 31.8 Å². The van der Waals surface area contributed by atoms with Gasteiger partial charge in [0.25, 0.3) is 15.9 Å². The first kappa shape index (κ1) is 27.3. The molecule has 3 aromatic rings. The highest BCUT2D eigenvalue weighted by atomic mass is 35.5. The summed E-state index contributed by atoms with van der Waals surface area (Å²) in [6.45, 7) is -0.0556. The van der Waals surface area contributed by atoms with Crippen molar-refractivity contribution in [3.05, 3.63) is 81.9 Å². The Morgan fingerprint density at radius 1 is 1.05 bits per heavy atom. The van der Waals surface area contributed by atoms with Gasteiger partial charge in [0, 0.05) is 23.4 Å². The van der Waals surface area contributed by atoms with Crippen LogP contribution in [-0.2, 0) is 27.4 Å². The van der Waals surface area contributed by atoms with Gasteiger partial charge in [-0.1, -0.05) is 17.7 Å². The molecular weight excluding hydrogens is 549 g/mol. The Balaban J connectivity index is 1.69. The minimum Gasteiger partial charge on any atom is -0.496 e. The molecule has 0 radical (unpaired) electrons. The maximum Gasteiger partial charge on any atom is 0.416 e. The molecule has 0 fully saturated rings. The van der Waals surface area contributed by atoms with Gasteiger partial charge in [-0.15, -0.1) is 0 Å². The Labute approximate surface area is 221 Å². The summed E-state index contributed by atoms with van der Waals surface area (Å²) < 4.78 is 77.3. The molecule has 38 heavy (non-hydrogen) atoms. The van der Waals surface area contributed by atoms with Gasteiger partial charge in [-0.3, -0.25) is 9.10 Å². The fourth-order valence-electron chi connectivity index (χ4n) is 4.03. The maximum absolute atomic E-state index is 13.4. The van der Waals surface area contributed by atoms with Gasteiger partial charge in [-0.05, 0) is 55.0 Å². The molecule has 3 aromatic carbocycles. The number of sulfonamides is 1. The number of hydrogen-bond donors (Lipinski definition) is 1. The number of amides is 1. The number of carbonyl (C=O) groups excluding carboxylic acids is 2. The van der Waals surface area contributed by atoms with E-state index >= 15 is 0 Å². The summed E-state index contributed by atoms with van der Waals surface area (Å²) in [5.74, 6) is -1.05. The third-order valence-corrected chi connectivity index (χ3v) is 8.00. The van der Waals surface area contributed by atoms with Crippen molar-refractivity contribution in [3.63, 3.8) is 0 Å². The molecule has 0 saturated carbocycles. The lowest BCUT2D eigenvalue weighted by atomic mass is 10.1. The molecular formula is C25H20ClF3N2O6S. The van der Waals surface area contributed by atoms with Gasteiger partial charge >= 0.3 is 12.1 Å². The second-order valence-corrected chi connectivity index (χ2v) is 10.4. The monoisotopic (exact) mass is 568 g/mol. The molecule has 4 rings (SSSR count). The van der Waals surface area contributed by atoms with E-state index in [-0.39, 0.29) is 46.2 Å². The van der Waals surface area contributed by atoms with Crippen molar-refractivity contribution < 1.29 is 40.7 Å². The van der Waals surface area contributed by atoms with Crippen LogP contribution >= 0.6 is 11.6 Å². The van der Waals surface area contributed by atoms with Crippen molar-refractivity contribution in [2.75, 3.05) is 30.4 Å². The largest absolute Gasteiger partial charge is 0.496 e. The van der Waals surface area contributed by atoms with Crippen LogP contribution in [0, 0.1) is 0 Å². The highest BCUT2D eigenvalue weighted by Crippen LogP contribution is 2.40. The van der Waals surface area contributed by atoms with E-state index in [0.717, 1.165) is 22.5 Å². The van der Waals surface area contributed by atoms with Crippen LogP contribution < -0.4 is 14.4 Å². The normalized spacial score (nSPS) is 13.2. The van der Waals surface area contributed by atoms with Crippen LogP contribution in [0.4, 0.5) is 24.5 Å². The number of hydrogen-bond acceptors (Lipinski definition) is 6. The minimum atomic E-state index is -4.72. The van der Waals surface area contributed by atoms with Gasteiger partial charge in [-0.25, -0.2) is 13.2 Å². The van der Waals surface area contributed by atoms with E-state index < -0.39 is 38.5 Å². The molecule has 0 aromatic heterocycles. The number of carbonyl (C=O) groups is 2. The van der Waals surface area contributed by atoms with Crippen molar-refractivity contribution in [1.29, 1.82) is 0 Å². The summed E-state index contributed by atoms with van der Waals surface area (Å²) in [4.78, 5) is 24.3. The van der Waals surface area contributed by atoms with E-state index in [4.69, 9.17) is 16.3 Å². The predicted octanol–water partition coefficient (Wildman–Crippen LogP) is 5.16. The van der Waals surface area contributed by atoms with Gasteiger partial charge < -0.3 is 14.8 Å². The Hall–Kier alpha value is -3.77. The number of benzene rings is 3. The Bertz CT molecular complexity index is 1540. The quantitative estimate of drug-likeness (QED) is 0.412. The third kappa shape index (κ3) is 5.14. The summed E-state index contributed by atoms with van der Waals surface area (Å²) in [7, 11) is -1.84. The maximum atomic E-state index is 13.4. The summed E-state index contributed by atoms with van der Waals surface area (Å²) in [5, 5.41) is 2.65. The number of anilines is 2. The summed E-state index contributed by atoms with van der Waals surface area (Å²) in [6.07, 6.45) is -4.50. The number of rotatable bonds is 6. The summed E-state index contributed by atoms with van der Waals surface area (Å²) >= 11 is 6.11. The molecule has 13 heteroatoms. The van der Waals surface area contributed by atoms with Crippen LogP contribution in [-0.4, -0.2) is 41.1 Å². The van der Waals surface area contributed by atoms with Crippen LogP contribution in [0.5, 0.6) is 5.75 Å². The Morgan fingerprint density at radius 3 is 2.42 bits per heavy atom. The first-order valence-corrected chi connectivity index (χ1v) is 12.8. The number of nitrogens with one attached hydrogen (secondary N) is 1. The number of fused-ring (bicyclic) bond motifs is 1.